The summed E-state index contributed by atoms with van der Waals surface area (Å²) in [6, 6.07) is 23.3. The SMILES string of the molecule is CN1CCC(Cc2ccccc2)(C(=O)N2CCC[C@H]2c2cccc(Cc3ccccc3F)n2)CC1. The molecule has 182 valence electrons. The van der Waals surface area contributed by atoms with Crippen molar-refractivity contribution in [2.75, 3.05) is 26.7 Å². The number of aromatic nitrogens is 1. The summed E-state index contributed by atoms with van der Waals surface area (Å²) in [5.74, 6) is 0.0701. The Morgan fingerprint density at radius 1 is 0.971 bits per heavy atom. The summed E-state index contributed by atoms with van der Waals surface area (Å²) in [6.07, 6.45) is 4.89. The van der Waals surface area contributed by atoms with Crippen LogP contribution in [0.15, 0.2) is 72.8 Å². The molecule has 0 aliphatic carbocycles. The molecule has 4 nitrogen and oxygen atoms in total. The van der Waals surface area contributed by atoms with Crippen molar-refractivity contribution in [2.24, 2.45) is 5.41 Å². The number of pyridine rings is 1. The minimum absolute atomic E-state index is 0.0182. The Hall–Kier alpha value is -3.05. The zero-order valence-electron chi connectivity index (χ0n) is 20.5. The number of likely N-dealkylation sites (tertiary alicyclic amines) is 2. The first kappa shape index (κ1) is 23.7. The highest BCUT2D eigenvalue weighted by atomic mass is 19.1. The number of hydrogen-bond acceptors (Lipinski definition) is 3. The van der Waals surface area contributed by atoms with Crippen LogP contribution in [0.2, 0.25) is 0 Å². The van der Waals surface area contributed by atoms with Gasteiger partial charge in [0.2, 0.25) is 5.91 Å². The summed E-state index contributed by atoms with van der Waals surface area (Å²) in [7, 11) is 2.14. The Balaban J connectivity index is 1.40. The molecule has 0 saturated carbocycles. The second-order valence-corrected chi connectivity index (χ2v) is 10.2. The van der Waals surface area contributed by atoms with Gasteiger partial charge < -0.3 is 9.80 Å². The van der Waals surface area contributed by atoms with Gasteiger partial charge in [-0.3, -0.25) is 9.78 Å². The first-order chi connectivity index (χ1) is 17.0. The number of piperidine rings is 1. The summed E-state index contributed by atoms with van der Waals surface area (Å²) >= 11 is 0. The molecule has 0 unspecified atom stereocenters. The van der Waals surface area contributed by atoms with Crippen molar-refractivity contribution < 1.29 is 9.18 Å². The first-order valence-electron chi connectivity index (χ1n) is 12.8. The van der Waals surface area contributed by atoms with Crippen molar-refractivity contribution >= 4 is 5.91 Å². The maximum Gasteiger partial charge on any atom is 0.229 e. The van der Waals surface area contributed by atoms with Crippen LogP contribution in [0.25, 0.3) is 0 Å². The van der Waals surface area contributed by atoms with E-state index in [-0.39, 0.29) is 23.2 Å². The van der Waals surface area contributed by atoms with Gasteiger partial charge in [-0.15, -0.1) is 0 Å². The van der Waals surface area contributed by atoms with Crippen LogP contribution in [0.3, 0.4) is 0 Å². The predicted molar refractivity (Wildman–Crippen MR) is 136 cm³/mol. The molecular formula is C30H34FN3O. The smallest absolute Gasteiger partial charge is 0.229 e. The Bertz CT molecular complexity index is 1160. The van der Waals surface area contributed by atoms with Crippen LogP contribution in [0.4, 0.5) is 4.39 Å². The molecule has 0 bridgehead atoms. The number of carbonyl (C=O) groups excluding carboxylic acids is 1. The summed E-state index contributed by atoms with van der Waals surface area (Å²) < 4.78 is 14.2. The van der Waals surface area contributed by atoms with E-state index in [1.54, 1.807) is 6.07 Å². The largest absolute Gasteiger partial charge is 0.334 e. The Morgan fingerprint density at radius 3 is 2.49 bits per heavy atom. The Labute approximate surface area is 207 Å². The predicted octanol–water partition coefficient (Wildman–Crippen LogP) is 5.43. The third kappa shape index (κ3) is 5.15. The van der Waals surface area contributed by atoms with Gasteiger partial charge in [0.05, 0.1) is 17.2 Å². The van der Waals surface area contributed by atoms with E-state index in [4.69, 9.17) is 4.98 Å². The number of hydrogen-bond donors (Lipinski definition) is 0. The molecule has 2 aromatic carbocycles. The molecule has 2 aliphatic heterocycles. The lowest BCUT2D eigenvalue weighted by Gasteiger charge is -2.43. The Kier molecular flexibility index (Phi) is 6.96. The van der Waals surface area contributed by atoms with Crippen LogP contribution >= 0.6 is 0 Å². The molecule has 1 atom stereocenters. The fourth-order valence-electron chi connectivity index (χ4n) is 5.74. The first-order valence-corrected chi connectivity index (χ1v) is 12.8. The van der Waals surface area contributed by atoms with E-state index in [2.05, 4.69) is 41.1 Å². The zero-order valence-corrected chi connectivity index (χ0v) is 20.5. The summed E-state index contributed by atoms with van der Waals surface area (Å²) in [4.78, 5) is 23.6. The molecule has 0 spiro atoms. The lowest BCUT2D eigenvalue weighted by molar-refractivity contribution is -0.146. The Morgan fingerprint density at radius 2 is 1.71 bits per heavy atom. The third-order valence-electron chi connectivity index (χ3n) is 7.80. The number of benzene rings is 2. The number of halogens is 1. The molecule has 0 radical (unpaired) electrons. The van der Waals surface area contributed by atoms with Gasteiger partial charge in [-0.25, -0.2) is 4.39 Å². The maximum absolute atomic E-state index is 14.3. The topological polar surface area (TPSA) is 36.4 Å². The summed E-state index contributed by atoms with van der Waals surface area (Å²) in [5, 5.41) is 0. The standard InChI is InChI=1S/C30H34FN3O/c1-33-19-16-30(17-20-33,22-23-9-3-2-4-10-23)29(35)34-18-8-15-28(34)27-14-7-12-25(32-27)21-24-11-5-6-13-26(24)31/h2-7,9-14,28H,8,15-22H2,1H3/t28-/m0/s1. The van der Waals surface area contributed by atoms with Crippen molar-refractivity contribution in [2.45, 2.75) is 44.6 Å². The fourth-order valence-corrected chi connectivity index (χ4v) is 5.74. The average Bonchev–Trinajstić information content (AvgIpc) is 3.37. The summed E-state index contributed by atoms with van der Waals surface area (Å²) in [6.45, 7) is 2.65. The lowest BCUT2D eigenvalue weighted by atomic mass is 9.72. The van der Waals surface area contributed by atoms with Gasteiger partial charge in [0.15, 0.2) is 0 Å². The van der Waals surface area contributed by atoms with Crippen molar-refractivity contribution in [3.63, 3.8) is 0 Å². The van der Waals surface area contributed by atoms with Crippen molar-refractivity contribution in [3.8, 4) is 0 Å². The van der Waals surface area contributed by atoms with E-state index < -0.39 is 0 Å². The van der Waals surface area contributed by atoms with E-state index in [9.17, 15) is 9.18 Å². The highest BCUT2D eigenvalue weighted by molar-refractivity contribution is 5.84. The van der Waals surface area contributed by atoms with Gasteiger partial charge in [0.25, 0.3) is 0 Å². The molecule has 1 aromatic heterocycles. The van der Waals surface area contributed by atoms with E-state index in [0.717, 1.165) is 63.1 Å². The molecule has 35 heavy (non-hydrogen) atoms. The van der Waals surface area contributed by atoms with Gasteiger partial charge in [-0.2, -0.15) is 0 Å². The van der Waals surface area contributed by atoms with E-state index in [1.165, 1.54) is 11.6 Å². The highest BCUT2D eigenvalue weighted by Crippen LogP contribution is 2.41. The van der Waals surface area contributed by atoms with E-state index >= 15 is 0 Å². The average molecular weight is 472 g/mol. The van der Waals surface area contributed by atoms with Crippen LogP contribution in [-0.4, -0.2) is 47.4 Å². The fraction of sp³-hybridized carbons (Fsp3) is 0.400. The normalized spacial score (nSPS) is 20.2. The minimum Gasteiger partial charge on any atom is -0.334 e. The molecule has 0 N–H and O–H groups in total. The number of carbonyl (C=O) groups is 1. The van der Waals surface area contributed by atoms with Gasteiger partial charge >= 0.3 is 0 Å². The minimum atomic E-state index is -0.374. The van der Waals surface area contributed by atoms with Crippen LogP contribution in [0.5, 0.6) is 0 Å². The molecule has 3 aromatic rings. The number of nitrogens with zero attached hydrogens (tertiary/aromatic N) is 3. The van der Waals surface area contributed by atoms with Gasteiger partial charge in [0, 0.05) is 18.7 Å². The lowest BCUT2D eigenvalue weighted by Crippen LogP contribution is -2.50. The van der Waals surface area contributed by atoms with Crippen LogP contribution < -0.4 is 0 Å². The maximum atomic E-state index is 14.3. The molecule has 3 heterocycles. The number of amides is 1. The van der Waals surface area contributed by atoms with Crippen LogP contribution in [0.1, 0.15) is 54.2 Å². The highest BCUT2D eigenvalue weighted by Gasteiger charge is 2.46. The second kappa shape index (κ2) is 10.3. The van der Waals surface area contributed by atoms with Gasteiger partial charge in [-0.05, 0) is 81.6 Å². The van der Waals surface area contributed by atoms with Crippen LogP contribution in [-0.2, 0) is 17.6 Å². The zero-order chi connectivity index (χ0) is 24.3. The third-order valence-corrected chi connectivity index (χ3v) is 7.80. The van der Waals surface area contributed by atoms with Crippen LogP contribution in [0, 0.1) is 11.2 Å². The molecule has 5 rings (SSSR count). The van der Waals surface area contributed by atoms with Crippen molar-refractivity contribution in [1.29, 1.82) is 0 Å². The molecule has 2 saturated heterocycles. The van der Waals surface area contributed by atoms with Gasteiger partial charge in [0.1, 0.15) is 5.82 Å². The quantitative estimate of drug-likeness (QED) is 0.481. The van der Waals surface area contributed by atoms with Crippen molar-refractivity contribution in [3.05, 3.63) is 101 Å². The molecule has 2 aliphatic rings. The van der Waals surface area contributed by atoms with Gasteiger partial charge in [-0.1, -0.05) is 54.6 Å². The monoisotopic (exact) mass is 471 g/mol. The molecule has 5 heteroatoms. The number of rotatable bonds is 6. The van der Waals surface area contributed by atoms with E-state index in [0.29, 0.717) is 12.0 Å². The molecule has 1 amide bonds. The second-order valence-electron chi connectivity index (χ2n) is 10.2. The molecular weight excluding hydrogens is 437 g/mol. The van der Waals surface area contributed by atoms with Crippen molar-refractivity contribution in [1.82, 2.24) is 14.8 Å². The van der Waals surface area contributed by atoms with E-state index in [1.807, 2.05) is 36.4 Å². The summed E-state index contributed by atoms with van der Waals surface area (Å²) in [5.41, 5.74) is 3.26. The molecule has 2 fully saturated rings.